The number of benzene rings is 1. The van der Waals surface area contributed by atoms with Gasteiger partial charge in [-0.05, 0) is 24.9 Å². The maximum atomic E-state index is 12.6. The molecule has 1 aromatic rings. The van der Waals surface area contributed by atoms with E-state index in [0.29, 0.717) is 19.0 Å². The molecule has 1 N–H and O–H groups in total. The van der Waals surface area contributed by atoms with Crippen LogP contribution in [0.15, 0.2) is 29.2 Å². The smallest absolute Gasteiger partial charge is 0.289 e. The fourth-order valence-electron chi connectivity index (χ4n) is 2.90. The van der Waals surface area contributed by atoms with Gasteiger partial charge in [-0.25, -0.2) is 8.42 Å². The first-order valence-electron chi connectivity index (χ1n) is 6.48. The van der Waals surface area contributed by atoms with Crippen LogP contribution in [0, 0.1) is 16.0 Å². The van der Waals surface area contributed by atoms with E-state index in [2.05, 4.69) is 5.32 Å². The molecule has 0 radical (unpaired) electrons. The van der Waals surface area contributed by atoms with Gasteiger partial charge in [-0.3, -0.25) is 10.1 Å². The summed E-state index contributed by atoms with van der Waals surface area (Å²) in [6.45, 7) is 1.98. The highest BCUT2D eigenvalue weighted by Crippen LogP contribution is 2.37. The van der Waals surface area contributed by atoms with Crippen molar-refractivity contribution in [2.45, 2.75) is 17.4 Å². The highest BCUT2D eigenvalue weighted by molar-refractivity contribution is 7.89. The number of para-hydroxylation sites is 1. The normalized spacial score (nSPS) is 26.6. The summed E-state index contributed by atoms with van der Waals surface area (Å²) in [6, 6.07) is 5.43. The highest BCUT2D eigenvalue weighted by atomic mass is 32.2. The summed E-state index contributed by atoms with van der Waals surface area (Å²) in [5.41, 5.74) is -0.361. The van der Waals surface area contributed by atoms with Crippen LogP contribution in [0.2, 0.25) is 0 Å². The van der Waals surface area contributed by atoms with Crippen molar-refractivity contribution in [1.29, 1.82) is 0 Å². The molecule has 0 amide bonds. The molecule has 1 aromatic carbocycles. The number of rotatable bonds is 3. The van der Waals surface area contributed by atoms with Gasteiger partial charge in [0.1, 0.15) is 0 Å². The zero-order valence-corrected chi connectivity index (χ0v) is 11.5. The summed E-state index contributed by atoms with van der Waals surface area (Å²) in [7, 11) is -3.80. The van der Waals surface area contributed by atoms with Gasteiger partial charge in [0.25, 0.3) is 5.69 Å². The Bertz CT molecular complexity index is 646. The van der Waals surface area contributed by atoms with E-state index in [-0.39, 0.29) is 16.6 Å². The lowest BCUT2D eigenvalue weighted by molar-refractivity contribution is -0.387. The minimum absolute atomic E-state index is 0.0754. The van der Waals surface area contributed by atoms with E-state index in [9.17, 15) is 18.5 Å². The number of nitro groups is 1. The molecule has 0 aromatic heterocycles. The van der Waals surface area contributed by atoms with E-state index in [4.69, 9.17) is 0 Å². The molecular formula is C12H15N3O4S. The number of hydrogen-bond donors (Lipinski definition) is 1. The van der Waals surface area contributed by atoms with Gasteiger partial charge in [0.2, 0.25) is 10.0 Å². The second-order valence-corrected chi connectivity index (χ2v) is 6.98. The van der Waals surface area contributed by atoms with Gasteiger partial charge >= 0.3 is 0 Å². The summed E-state index contributed by atoms with van der Waals surface area (Å²) in [6.07, 6.45) is 0.952. The maximum absolute atomic E-state index is 12.6. The first kappa shape index (κ1) is 13.5. The van der Waals surface area contributed by atoms with Crippen molar-refractivity contribution >= 4 is 15.7 Å². The SMILES string of the molecule is O=[N+]([O-])c1ccccc1S(=O)(=O)N1C[C@@H]2CCNC[C@@H]21. The third-order valence-electron chi connectivity index (χ3n) is 4.02. The van der Waals surface area contributed by atoms with Crippen LogP contribution in [0.4, 0.5) is 5.69 Å². The predicted molar refractivity (Wildman–Crippen MR) is 71.8 cm³/mol. The minimum Gasteiger partial charge on any atom is -0.315 e. The lowest BCUT2D eigenvalue weighted by atomic mass is 9.86. The average Bonchev–Trinajstić information content (AvgIpc) is 2.40. The van der Waals surface area contributed by atoms with Gasteiger partial charge in [-0.2, -0.15) is 4.31 Å². The quantitative estimate of drug-likeness (QED) is 0.650. The van der Waals surface area contributed by atoms with Crippen molar-refractivity contribution in [3.8, 4) is 0 Å². The number of hydrogen-bond acceptors (Lipinski definition) is 5. The van der Waals surface area contributed by atoms with Crippen LogP contribution in [-0.4, -0.2) is 43.3 Å². The average molecular weight is 297 g/mol. The molecule has 0 unspecified atom stereocenters. The van der Waals surface area contributed by atoms with Crippen LogP contribution in [0.3, 0.4) is 0 Å². The zero-order valence-electron chi connectivity index (χ0n) is 10.7. The summed E-state index contributed by atoms with van der Waals surface area (Å²) in [5.74, 6) is 0.369. The lowest BCUT2D eigenvalue weighted by Gasteiger charge is -2.49. The van der Waals surface area contributed by atoms with Gasteiger partial charge in [0.15, 0.2) is 4.90 Å². The molecule has 8 heteroatoms. The van der Waals surface area contributed by atoms with Gasteiger partial charge in [0, 0.05) is 25.2 Å². The van der Waals surface area contributed by atoms with Crippen LogP contribution in [0.25, 0.3) is 0 Å². The molecule has 20 heavy (non-hydrogen) atoms. The molecule has 2 aliphatic heterocycles. The molecule has 0 aliphatic carbocycles. The molecule has 2 aliphatic rings. The zero-order chi connectivity index (χ0) is 14.3. The Morgan fingerprint density at radius 3 is 2.80 bits per heavy atom. The van der Waals surface area contributed by atoms with Gasteiger partial charge in [-0.15, -0.1) is 0 Å². The van der Waals surface area contributed by atoms with E-state index < -0.39 is 14.9 Å². The number of nitrogens with one attached hydrogen (secondary N) is 1. The standard InChI is InChI=1S/C12H15N3O4S/c16-15(17)10-3-1-2-4-12(10)20(18,19)14-8-9-5-6-13-7-11(9)14/h1-4,9,11,13H,5-8H2/t9-,11-/m0/s1. The maximum Gasteiger partial charge on any atom is 0.289 e. The number of fused-ring (bicyclic) bond motifs is 1. The van der Waals surface area contributed by atoms with E-state index in [1.54, 1.807) is 0 Å². The van der Waals surface area contributed by atoms with Gasteiger partial charge < -0.3 is 5.32 Å². The lowest BCUT2D eigenvalue weighted by Crippen LogP contribution is -2.64. The van der Waals surface area contributed by atoms with Crippen LogP contribution in [0.1, 0.15) is 6.42 Å². The monoisotopic (exact) mass is 297 g/mol. The van der Waals surface area contributed by atoms with Crippen molar-refractivity contribution in [2.75, 3.05) is 19.6 Å². The molecule has 108 valence electrons. The second kappa shape index (κ2) is 4.80. The Morgan fingerprint density at radius 1 is 1.35 bits per heavy atom. The summed E-state index contributed by atoms with van der Waals surface area (Å²) in [5, 5.41) is 14.2. The van der Waals surface area contributed by atoms with Crippen molar-refractivity contribution in [1.82, 2.24) is 9.62 Å². The van der Waals surface area contributed by atoms with E-state index in [1.807, 2.05) is 0 Å². The Balaban J connectivity index is 1.95. The molecular weight excluding hydrogens is 282 g/mol. The number of nitrogens with zero attached hydrogens (tertiary/aromatic N) is 2. The van der Waals surface area contributed by atoms with E-state index in [0.717, 1.165) is 13.0 Å². The third kappa shape index (κ3) is 2.00. The molecule has 3 rings (SSSR count). The molecule has 2 saturated heterocycles. The van der Waals surface area contributed by atoms with Crippen molar-refractivity contribution < 1.29 is 13.3 Å². The second-order valence-electron chi connectivity index (χ2n) is 5.12. The minimum atomic E-state index is -3.80. The molecule has 0 bridgehead atoms. The van der Waals surface area contributed by atoms with Gasteiger partial charge in [-0.1, -0.05) is 12.1 Å². The fourth-order valence-corrected chi connectivity index (χ4v) is 4.80. The molecule has 0 saturated carbocycles. The summed E-state index contributed by atoms with van der Waals surface area (Å²) in [4.78, 5) is 10.1. The highest BCUT2D eigenvalue weighted by Gasteiger charge is 2.48. The summed E-state index contributed by atoms with van der Waals surface area (Å²) >= 11 is 0. The van der Waals surface area contributed by atoms with Crippen molar-refractivity contribution in [3.63, 3.8) is 0 Å². The number of sulfonamides is 1. The molecule has 2 atom stereocenters. The summed E-state index contributed by atoms with van der Waals surface area (Å²) < 4.78 is 26.6. The van der Waals surface area contributed by atoms with E-state index >= 15 is 0 Å². The Hall–Kier alpha value is -1.51. The largest absolute Gasteiger partial charge is 0.315 e. The van der Waals surface area contributed by atoms with E-state index in [1.165, 1.54) is 28.6 Å². The third-order valence-corrected chi connectivity index (χ3v) is 5.96. The van der Waals surface area contributed by atoms with Gasteiger partial charge in [0.05, 0.1) is 4.92 Å². The molecule has 2 fully saturated rings. The molecule has 0 spiro atoms. The Kier molecular flexibility index (Phi) is 3.23. The predicted octanol–water partition coefficient (Wildman–Crippen LogP) is 0.577. The van der Waals surface area contributed by atoms with Crippen molar-refractivity contribution in [3.05, 3.63) is 34.4 Å². The van der Waals surface area contributed by atoms with Crippen LogP contribution in [0.5, 0.6) is 0 Å². The fraction of sp³-hybridized carbons (Fsp3) is 0.500. The topological polar surface area (TPSA) is 92.5 Å². The molecule has 7 nitrogen and oxygen atoms in total. The first-order chi connectivity index (χ1) is 9.51. The Labute approximate surface area is 116 Å². The van der Waals surface area contributed by atoms with Crippen LogP contribution >= 0.6 is 0 Å². The van der Waals surface area contributed by atoms with Crippen molar-refractivity contribution in [2.24, 2.45) is 5.92 Å². The first-order valence-corrected chi connectivity index (χ1v) is 7.92. The number of piperidine rings is 1. The van der Waals surface area contributed by atoms with Crippen LogP contribution in [-0.2, 0) is 10.0 Å². The van der Waals surface area contributed by atoms with Crippen LogP contribution < -0.4 is 5.32 Å². The Morgan fingerprint density at radius 2 is 2.10 bits per heavy atom. The molecule has 2 heterocycles. The number of nitro benzene ring substituents is 1.